The van der Waals surface area contributed by atoms with Gasteiger partial charge in [-0.05, 0) is 30.5 Å². The van der Waals surface area contributed by atoms with E-state index in [1.54, 1.807) is 12.1 Å². The molecule has 1 saturated heterocycles. The quantitative estimate of drug-likeness (QED) is 0.822. The van der Waals surface area contributed by atoms with Gasteiger partial charge in [0.05, 0.1) is 12.7 Å². The van der Waals surface area contributed by atoms with Crippen LogP contribution in [0, 0.1) is 0 Å². The van der Waals surface area contributed by atoms with Gasteiger partial charge in [-0.15, -0.1) is 0 Å². The summed E-state index contributed by atoms with van der Waals surface area (Å²) in [5.41, 5.74) is 0.987. The molecule has 0 saturated carbocycles. The molecular weight excluding hydrogens is 283 g/mol. The number of alkyl halides is 1. The van der Waals surface area contributed by atoms with Crippen LogP contribution in [0.3, 0.4) is 0 Å². The Labute approximate surface area is 122 Å². The van der Waals surface area contributed by atoms with E-state index in [0.29, 0.717) is 24.6 Å². The molecule has 6 heteroatoms. The third kappa shape index (κ3) is 4.08. The highest BCUT2D eigenvalue weighted by molar-refractivity contribution is 6.30. The van der Waals surface area contributed by atoms with Gasteiger partial charge in [0.1, 0.15) is 6.10 Å². The van der Waals surface area contributed by atoms with Crippen LogP contribution >= 0.6 is 11.6 Å². The van der Waals surface area contributed by atoms with E-state index in [1.807, 2.05) is 12.1 Å². The molecule has 0 radical (unpaired) electrons. The fourth-order valence-electron chi connectivity index (χ4n) is 2.21. The van der Waals surface area contributed by atoms with Crippen LogP contribution < -0.4 is 10.6 Å². The molecule has 1 aromatic carbocycles. The molecule has 4 nitrogen and oxygen atoms in total. The molecule has 110 valence electrons. The Morgan fingerprint density at radius 2 is 2.15 bits per heavy atom. The minimum atomic E-state index is -0.430. The lowest BCUT2D eigenvalue weighted by Gasteiger charge is -2.20. The van der Waals surface area contributed by atoms with Crippen molar-refractivity contribution in [2.45, 2.75) is 25.0 Å². The molecule has 1 heterocycles. The van der Waals surface area contributed by atoms with Crippen LogP contribution in [0.5, 0.6) is 0 Å². The van der Waals surface area contributed by atoms with Crippen LogP contribution in [0.2, 0.25) is 5.02 Å². The molecule has 0 aromatic heterocycles. The Kier molecular flexibility index (Phi) is 5.61. The molecule has 1 aliphatic heterocycles. The van der Waals surface area contributed by atoms with Gasteiger partial charge in [0.15, 0.2) is 0 Å². The third-order valence-corrected chi connectivity index (χ3v) is 3.45. The molecule has 2 N–H and O–H groups in total. The van der Waals surface area contributed by atoms with Crippen molar-refractivity contribution in [2.24, 2.45) is 0 Å². The Morgan fingerprint density at radius 3 is 2.85 bits per heavy atom. The molecule has 20 heavy (non-hydrogen) atoms. The van der Waals surface area contributed by atoms with Gasteiger partial charge in [0.25, 0.3) is 0 Å². The monoisotopic (exact) mass is 300 g/mol. The van der Waals surface area contributed by atoms with Crippen molar-refractivity contribution < 1.29 is 13.9 Å². The maximum absolute atomic E-state index is 12.0. The smallest absolute Gasteiger partial charge is 0.315 e. The van der Waals surface area contributed by atoms with Crippen LogP contribution in [0.15, 0.2) is 24.3 Å². The second-order valence-corrected chi connectivity index (χ2v) is 5.12. The lowest BCUT2D eigenvalue weighted by molar-refractivity contribution is 0.0999. The number of urea groups is 1. The highest BCUT2D eigenvalue weighted by Crippen LogP contribution is 2.29. The van der Waals surface area contributed by atoms with E-state index in [-0.39, 0.29) is 18.2 Å². The summed E-state index contributed by atoms with van der Waals surface area (Å²) >= 11 is 5.86. The number of hydrogen-bond donors (Lipinski definition) is 2. The first-order valence-electron chi connectivity index (χ1n) is 6.68. The zero-order valence-corrected chi connectivity index (χ0v) is 11.8. The number of rotatable bonds is 5. The summed E-state index contributed by atoms with van der Waals surface area (Å²) in [5, 5.41) is 6.16. The number of halogens is 2. The summed E-state index contributed by atoms with van der Waals surface area (Å²) in [5.74, 6) is 0. The number of ether oxygens (including phenoxy) is 1. The summed E-state index contributed by atoms with van der Waals surface area (Å²) < 4.78 is 17.6. The van der Waals surface area contributed by atoms with Gasteiger partial charge in [-0.25, -0.2) is 4.79 Å². The van der Waals surface area contributed by atoms with Crippen molar-refractivity contribution in [3.63, 3.8) is 0 Å². The van der Waals surface area contributed by atoms with E-state index in [9.17, 15) is 9.18 Å². The molecule has 2 rings (SSSR count). The molecule has 0 aliphatic carbocycles. The highest BCUT2D eigenvalue weighted by atomic mass is 35.5. The predicted octanol–water partition coefficient (Wildman–Crippen LogP) is 2.83. The lowest BCUT2D eigenvalue weighted by atomic mass is 10.0. The average Bonchev–Trinajstić information content (AvgIpc) is 2.88. The van der Waals surface area contributed by atoms with Crippen LogP contribution in [-0.2, 0) is 4.74 Å². The summed E-state index contributed by atoms with van der Waals surface area (Å²) in [7, 11) is 0. The van der Waals surface area contributed by atoms with Crippen LogP contribution in [0.4, 0.5) is 9.18 Å². The zero-order valence-electron chi connectivity index (χ0n) is 11.1. The Morgan fingerprint density at radius 1 is 1.40 bits per heavy atom. The lowest BCUT2D eigenvalue weighted by Crippen LogP contribution is -2.43. The van der Waals surface area contributed by atoms with E-state index in [1.165, 1.54) is 0 Å². The first kappa shape index (κ1) is 15.1. The first-order valence-corrected chi connectivity index (χ1v) is 7.06. The van der Waals surface area contributed by atoms with Gasteiger partial charge < -0.3 is 15.4 Å². The summed E-state index contributed by atoms with van der Waals surface area (Å²) in [6.07, 6.45) is 0.915. The Balaban J connectivity index is 1.90. The maximum atomic E-state index is 12.0. The maximum Gasteiger partial charge on any atom is 0.315 e. The average molecular weight is 301 g/mol. The van der Waals surface area contributed by atoms with E-state index in [4.69, 9.17) is 16.3 Å². The zero-order chi connectivity index (χ0) is 14.4. The number of benzene rings is 1. The Bertz CT molecular complexity index is 441. The molecular formula is C14H18ClFN2O2. The molecule has 0 spiro atoms. The fraction of sp³-hybridized carbons (Fsp3) is 0.500. The normalized spacial score (nSPS) is 21.7. The second kappa shape index (κ2) is 7.45. The summed E-state index contributed by atoms with van der Waals surface area (Å²) in [4.78, 5) is 11.7. The number of amides is 2. The van der Waals surface area contributed by atoms with E-state index >= 15 is 0 Å². The molecule has 1 aromatic rings. The first-order chi connectivity index (χ1) is 9.70. The predicted molar refractivity (Wildman–Crippen MR) is 75.7 cm³/mol. The standard InChI is InChI=1S/C14H18ClFN2O2/c15-11-4-2-10(3-5-11)13-12(6-9-20-13)18-14(19)17-8-1-7-16/h2-5,12-13H,1,6-9H2,(H2,17,18,19)/t12-,13+/m1/s1. The van der Waals surface area contributed by atoms with Crippen molar-refractivity contribution in [1.29, 1.82) is 0 Å². The largest absolute Gasteiger partial charge is 0.371 e. The Hall–Kier alpha value is -1.33. The van der Waals surface area contributed by atoms with E-state index in [2.05, 4.69) is 10.6 Å². The van der Waals surface area contributed by atoms with Gasteiger partial charge in [-0.1, -0.05) is 23.7 Å². The molecule has 1 aliphatic rings. The van der Waals surface area contributed by atoms with Gasteiger partial charge in [0, 0.05) is 18.2 Å². The van der Waals surface area contributed by atoms with Crippen molar-refractivity contribution in [3.05, 3.63) is 34.9 Å². The van der Waals surface area contributed by atoms with Crippen LogP contribution in [0.1, 0.15) is 24.5 Å². The van der Waals surface area contributed by atoms with Gasteiger partial charge in [-0.3, -0.25) is 4.39 Å². The van der Waals surface area contributed by atoms with E-state index < -0.39 is 6.67 Å². The summed E-state index contributed by atoms with van der Waals surface area (Å²) in [6.45, 7) is 0.504. The van der Waals surface area contributed by atoms with Crippen LogP contribution in [-0.4, -0.2) is 31.9 Å². The SMILES string of the molecule is O=C(NCCCF)N[C@@H]1CCO[C@H]1c1ccc(Cl)cc1. The fourth-order valence-corrected chi connectivity index (χ4v) is 2.33. The molecule has 0 bridgehead atoms. The minimum Gasteiger partial charge on any atom is -0.371 e. The number of nitrogens with one attached hydrogen (secondary N) is 2. The van der Waals surface area contributed by atoms with Crippen molar-refractivity contribution in [2.75, 3.05) is 19.8 Å². The third-order valence-electron chi connectivity index (χ3n) is 3.20. The van der Waals surface area contributed by atoms with Crippen molar-refractivity contribution in [1.82, 2.24) is 10.6 Å². The highest BCUT2D eigenvalue weighted by Gasteiger charge is 2.30. The summed E-state index contributed by atoms with van der Waals surface area (Å²) in [6, 6.07) is 7.03. The molecule has 2 amide bonds. The number of hydrogen-bond acceptors (Lipinski definition) is 2. The van der Waals surface area contributed by atoms with Crippen LogP contribution in [0.25, 0.3) is 0 Å². The number of carbonyl (C=O) groups excluding carboxylic acids is 1. The molecule has 1 fully saturated rings. The minimum absolute atomic E-state index is 0.0819. The van der Waals surface area contributed by atoms with Gasteiger partial charge >= 0.3 is 6.03 Å². The molecule has 0 unspecified atom stereocenters. The van der Waals surface area contributed by atoms with E-state index in [0.717, 1.165) is 12.0 Å². The topological polar surface area (TPSA) is 50.4 Å². The van der Waals surface area contributed by atoms with Gasteiger partial charge in [-0.2, -0.15) is 0 Å². The van der Waals surface area contributed by atoms with Crippen molar-refractivity contribution in [3.8, 4) is 0 Å². The van der Waals surface area contributed by atoms with Gasteiger partial charge in [0.2, 0.25) is 0 Å². The number of carbonyl (C=O) groups is 1. The molecule has 2 atom stereocenters. The second-order valence-electron chi connectivity index (χ2n) is 4.68. The van der Waals surface area contributed by atoms with Crippen molar-refractivity contribution >= 4 is 17.6 Å².